The van der Waals surface area contributed by atoms with Crippen molar-refractivity contribution in [2.45, 2.75) is 6.42 Å². The van der Waals surface area contributed by atoms with E-state index in [0.717, 1.165) is 0 Å². The Balaban J connectivity index is 1.64. The Bertz CT molecular complexity index is 811. The Labute approximate surface area is 163 Å². The standard InChI is InChI=1S/C19H20BClN2O4/c21-17-8-4-15(5-9-17)19(25)23-11-1-10-22(12-13-23)18(24)14-2-6-16(7-3-14)20(26)27/h2-9,26-27H,1,10-13H2. The number of carbonyl (C=O) groups excluding carboxylic acids is 2. The van der Waals surface area contributed by atoms with Crippen molar-refractivity contribution in [1.29, 1.82) is 0 Å². The first kappa shape index (κ1) is 19.4. The van der Waals surface area contributed by atoms with Gasteiger partial charge in [-0.15, -0.1) is 0 Å². The van der Waals surface area contributed by atoms with Crippen molar-refractivity contribution in [1.82, 2.24) is 9.80 Å². The third-order valence-electron chi connectivity index (χ3n) is 4.62. The predicted molar refractivity (Wildman–Crippen MR) is 104 cm³/mol. The predicted octanol–water partition coefficient (Wildman–Crippen LogP) is 1.01. The highest BCUT2D eigenvalue weighted by Gasteiger charge is 2.24. The van der Waals surface area contributed by atoms with E-state index < -0.39 is 7.12 Å². The first-order chi connectivity index (χ1) is 13.0. The van der Waals surface area contributed by atoms with Gasteiger partial charge in [-0.1, -0.05) is 23.7 Å². The average Bonchev–Trinajstić information content (AvgIpc) is 2.94. The molecule has 2 N–H and O–H groups in total. The quantitative estimate of drug-likeness (QED) is 0.772. The minimum absolute atomic E-state index is 0.0674. The van der Waals surface area contributed by atoms with Crippen LogP contribution >= 0.6 is 11.6 Å². The van der Waals surface area contributed by atoms with Gasteiger partial charge in [0.2, 0.25) is 0 Å². The number of halogens is 1. The highest BCUT2D eigenvalue weighted by atomic mass is 35.5. The maximum absolute atomic E-state index is 12.7. The van der Waals surface area contributed by atoms with Crippen LogP contribution < -0.4 is 5.46 Å². The first-order valence-corrected chi connectivity index (χ1v) is 9.14. The summed E-state index contributed by atoms with van der Waals surface area (Å²) in [7, 11) is -1.56. The van der Waals surface area contributed by atoms with Gasteiger partial charge in [0.25, 0.3) is 11.8 Å². The van der Waals surface area contributed by atoms with E-state index in [-0.39, 0.29) is 11.8 Å². The smallest absolute Gasteiger partial charge is 0.423 e. The summed E-state index contributed by atoms with van der Waals surface area (Å²) in [5.41, 5.74) is 1.40. The van der Waals surface area contributed by atoms with E-state index in [1.165, 1.54) is 12.1 Å². The number of hydrogen-bond donors (Lipinski definition) is 2. The summed E-state index contributed by atoms with van der Waals surface area (Å²) in [6.07, 6.45) is 0.693. The molecule has 0 bridgehead atoms. The van der Waals surface area contributed by atoms with Gasteiger partial charge < -0.3 is 19.8 Å². The molecule has 1 aliphatic rings. The summed E-state index contributed by atoms with van der Waals surface area (Å²) in [6, 6.07) is 13.0. The van der Waals surface area contributed by atoms with Crippen LogP contribution in [0.3, 0.4) is 0 Å². The van der Waals surface area contributed by atoms with Gasteiger partial charge in [0, 0.05) is 42.3 Å². The fraction of sp³-hybridized carbons (Fsp3) is 0.263. The molecule has 0 aromatic heterocycles. The minimum Gasteiger partial charge on any atom is -0.423 e. The lowest BCUT2D eigenvalue weighted by Crippen LogP contribution is -2.37. The Hall–Kier alpha value is -2.35. The molecule has 2 aromatic carbocycles. The van der Waals surface area contributed by atoms with Crippen LogP contribution in [0.15, 0.2) is 48.5 Å². The Morgan fingerprint density at radius 1 is 0.778 bits per heavy atom. The number of rotatable bonds is 3. The second kappa shape index (κ2) is 8.56. The van der Waals surface area contributed by atoms with Crippen LogP contribution in [0.25, 0.3) is 0 Å². The van der Waals surface area contributed by atoms with Crippen LogP contribution in [-0.4, -0.2) is 65.0 Å². The van der Waals surface area contributed by atoms with Crippen molar-refractivity contribution < 1.29 is 19.6 Å². The highest BCUT2D eigenvalue weighted by molar-refractivity contribution is 6.58. The number of hydrogen-bond acceptors (Lipinski definition) is 4. The zero-order chi connectivity index (χ0) is 19.4. The zero-order valence-electron chi connectivity index (χ0n) is 14.7. The van der Waals surface area contributed by atoms with Crippen molar-refractivity contribution in [3.63, 3.8) is 0 Å². The molecule has 0 saturated carbocycles. The molecule has 0 atom stereocenters. The van der Waals surface area contributed by atoms with E-state index in [9.17, 15) is 9.59 Å². The van der Waals surface area contributed by atoms with E-state index in [4.69, 9.17) is 21.6 Å². The van der Waals surface area contributed by atoms with Gasteiger partial charge in [0.05, 0.1) is 0 Å². The molecule has 3 rings (SSSR count). The molecule has 0 unspecified atom stereocenters. The number of nitrogens with zero attached hydrogens (tertiary/aromatic N) is 2. The van der Waals surface area contributed by atoms with E-state index in [0.29, 0.717) is 54.2 Å². The second-order valence-corrected chi connectivity index (χ2v) is 6.88. The van der Waals surface area contributed by atoms with Gasteiger partial charge >= 0.3 is 7.12 Å². The third kappa shape index (κ3) is 4.69. The zero-order valence-corrected chi connectivity index (χ0v) is 15.5. The van der Waals surface area contributed by atoms with Gasteiger partial charge in [0.1, 0.15) is 0 Å². The van der Waals surface area contributed by atoms with Crippen molar-refractivity contribution in [3.8, 4) is 0 Å². The van der Waals surface area contributed by atoms with E-state index in [1.807, 2.05) is 0 Å². The highest BCUT2D eigenvalue weighted by Crippen LogP contribution is 2.14. The fourth-order valence-corrected chi connectivity index (χ4v) is 3.21. The van der Waals surface area contributed by atoms with Gasteiger partial charge in [0.15, 0.2) is 0 Å². The van der Waals surface area contributed by atoms with Crippen molar-refractivity contribution >= 4 is 36.0 Å². The van der Waals surface area contributed by atoms with Crippen LogP contribution in [0.4, 0.5) is 0 Å². The third-order valence-corrected chi connectivity index (χ3v) is 4.87. The van der Waals surface area contributed by atoms with E-state index in [2.05, 4.69) is 0 Å². The molecule has 27 heavy (non-hydrogen) atoms. The number of benzene rings is 2. The normalized spacial score (nSPS) is 14.6. The van der Waals surface area contributed by atoms with Gasteiger partial charge in [-0.2, -0.15) is 0 Å². The van der Waals surface area contributed by atoms with Gasteiger partial charge in [-0.3, -0.25) is 9.59 Å². The summed E-state index contributed by atoms with van der Waals surface area (Å²) in [5.74, 6) is -0.197. The summed E-state index contributed by atoms with van der Waals surface area (Å²) in [5, 5.41) is 18.9. The fourth-order valence-electron chi connectivity index (χ4n) is 3.08. The van der Waals surface area contributed by atoms with Crippen LogP contribution in [-0.2, 0) is 0 Å². The Morgan fingerprint density at radius 3 is 1.67 bits per heavy atom. The Kier molecular flexibility index (Phi) is 6.16. The molecule has 1 aliphatic heterocycles. The van der Waals surface area contributed by atoms with E-state index >= 15 is 0 Å². The molecule has 8 heteroatoms. The lowest BCUT2D eigenvalue weighted by atomic mass is 9.80. The van der Waals surface area contributed by atoms with Crippen LogP contribution in [0.5, 0.6) is 0 Å². The maximum Gasteiger partial charge on any atom is 0.488 e. The molecular weight excluding hydrogens is 366 g/mol. The molecule has 2 amide bonds. The molecule has 1 heterocycles. The summed E-state index contributed by atoms with van der Waals surface area (Å²) in [4.78, 5) is 28.8. The monoisotopic (exact) mass is 386 g/mol. The Morgan fingerprint density at radius 2 is 1.22 bits per heavy atom. The maximum atomic E-state index is 12.7. The van der Waals surface area contributed by atoms with Crippen LogP contribution in [0.1, 0.15) is 27.1 Å². The van der Waals surface area contributed by atoms with Gasteiger partial charge in [-0.25, -0.2) is 0 Å². The molecule has 1 saturated heterocycles. The van der Waals surface area contributed by atoms with Crippen LogP contribution in [0.2, 0.25) is 5.02 Å². The summed E-state index contributed by atoms with van der Waals surface area (Å²) in [6.45, 7) is 2.05. The summed E-state index contributed by atoms with van der Waals surface area (Å²) >= 11 is 5.87. The molecule has 1 fully saturated rings. The molecular formula is C19H20BClN2O4. The topological polar surface area (TPSA) is 81.1 Å². The average molecular weight is 387 g/mol. The molecule has 2 aromatic rings. The van der Waals surface area contributed by atoms with Crippen molar-refractivity contribution in [3.05, 3.63) is 64.7 Å². The summed E-state index contributed by atoms with van der Waals surface area (Å²) < 4.78 is 0. The minimum atomic E-state index is -1.56. The molecule has 0 spiro atoms. The molecule has 140 valence electrons. The second-order valence-electron chi connectivity index (χ2n) is 6.44. The lowest BCUT2D eigenvalue weighted by Gasteiger charge is -2.22. The molecule has 0 radical (unpaired) electrons. The SMILES string of the molecule is O=C(c1ccc(Cl)cc1)N1CCCN(C(=O)c2ccc(B(O)O)cc2)CC1. The number of carbonyl (C=O) groups is 2. The first-order valence-electron chi connectivity index (χ1n) is 8.76. The molecule has 0 aliphatic carbocycles. The van der Waals surface area contributed by atoms with Gasteiger partial charge in [-0.05, 0) is 48.3 Å². The largest absolute Gasteiger partial charge is 0.488 e. The van der Waals surface area contributed by atoms with Crippen molar-refractivity contribution in [2.75, 3.05) is 26.2 Å². The van der Waals surface area contributed by atoms with E-state index in [1.54, 1.807) is 46.2 Å². The number of amides is 2. The lowest BCUT2D eigenvalue weighted by molar-refractivity contribution is 0.0719. The van der Waals surface area contributed by atoms with Crippen LogP contribution in [0, 0.1) is 0 Å². The van der Waals surface area contributed by atoms with Crippen molar-refractivity contribution in [2.24, 2.45) is 0 Å². The molecule has 6 nitrogen and oxygen atoms in total.